The van der Waals surface area contributed by atoms with E-state index in [-0.39, 0.29) is 24.6 Å². The van der Waals surface area contributed by atoms with E-state index in [1.54, 1.807) is 24.3 Å². The molecule has 8 nitrogen and oxygen atoms in total. The molecule has 0 radical (unpaired) electrons. The van der Waals surface area contributed by atoms with E-state index in [4.69, 9.17) is 15.3 Å². The van der Waals surface area contributed by atoms with Gasteiger partial charge in [-0.05, 0) is 36.2 Å². The van der Waals surface area contributed by atoms with Crippen LogP contribution in [0, 0.1) is 17.0 Å². The largest absolute Gasteiger partial charge is 0.482 e. The van der Waals surface area contributed by atoms with Gasteiger partial charge in [0.05, 0.1) is 4.92 Å². The molecule has 2 N–H and O–H groups in total. The first kappa shape index (κ1) is 19.4. The Morgan fingerprint density at radius 1 is 1.27 bits per heavy atom. The zero-order chi connectivity index (χ0) is 19.1. The molecule has 0 unspecified atom stereocenters. The van der Waals surface area contributed by atoms with Crippen LogP contribution < -0.4 is 10.5 Å². The Morgan fingerprint density at radius 3 is 2.58 bits per heavy atom. The van der Waals surface area contributed by atoms with E-state index < -0.39 is 10.9 Å². The first-order valence-corrected chi connectivity index (χ1v) is 8.29. The van der Waals surface area contributed by atoms with Gasteiger partial charge in [0.15, 0.2) is 6.61 Å². The number of carbonyl (C=O) groups excluding carboxylic acids is 1. The maximum absolute atomic E-state index is 11.7. The smallest absolute Gasteiger partial charge is 0.372 e. The standard InChI is InChI=1S/C17H16BrN3O5/c1-11-8-14(6-7-15(11)18)25-10-17(22)26-20-16(19)9-12-2-4-13(5-3-12)21(23)24/h2-8H,9-10H2,1H3,(H2,19,20). The fraction of sp³-hybridized carbons (Fsp3) is 0.176. The predicted molar refractivity (Wildman–Crippen MR) is 98.9 cm³/mol. The summed E-state index contributed by atoms with van der Waals surface area (Å²) in [6.07, 6.45) is 0.192. The average molecular weight is 422 g/mol. The number of ether oxygens (including phenoxy) is 1. The van der Waals surface area contributed by atoms with Crippen LogP contribution in [0.4, 0.5) is 5.69 Å². The van der Waals surface area contributed by atoms with Crippen LogP contribution in [0.3, 0.4) is 0 Å². The molecule has 0 aliphatic carbocycles. The summed E-state index contributed by atoms with van der Waals surface area (Å²) in [4.78, 5) is 26.5. The van der Waals surface area contributed by atoms with Gasteiger partial charge in [0.1, 0.15) is 11.6 Å². The number of carbonyl (C=O) groups is 1. The molecule has 2 rings (SSSR count). The van der Waals surface area contributed by atoms with Gasteiger partial charge in [0.25, 0.3) is 5.69 Å². The highest BCUT2D eigenvalue weighted by molar-refractivity contribution is 9.10. The fourth-order valence-electron chi connectivity index (χ4n) is 1.96. The normalized spacial score (nSPS) is 11.1. The van der Waals surface area contributed by atoms with Gasteiger partial charge in [-0.15, -0.1) is 0 Å². The third kappa shape index (κ3) is 5.85. The van der Waals surface area contributed by atoms with E-state index in [9.17, 15) is 14.9 Å². The van der Waals surface area contributed by atoms with Crippen LogP contribution in [0.25, 0.3) is 0 Å². The number of oxime groups is 1. The van der Waals surface area contributed by atoms with Crippen molar-refractivity contribution >= 4 is 33.4 Å². The first-order chi connectivity index (χ1) is 12.3. The molecule has 0 aliphatic rings. The Balaban J connectivity index is 1.82. The van der Waals surface area contributed by atoms with Gasteiger partial charge in [-0.3, -0.25) is 10.1 Å². The SMILES string of the molecule is Cc1cc(OCC(=O)O/N=C(\N)Cc2ccc([N+](=O)[O-])cc2)ccc1Br. The topological polar surface area (TPSA) is 117 Å². The molecule has 9 heteroatoms. The molecular weight excluding hydrogens is 406 g/mol. The molecule has 0 aliphatic heterocycles. The molecule has 2 aromatic rings. The molecule has 0 bridgehead atoms. The highest BCUT2D eigenvalue weighted by Gasteiger charge is 2.08. The van der Waals surface area contributed by atoms with Gasteiger partial charge in [-0.2, -0.15) is 0 Å². The summed E-state index contributed by atoms with van der Waals surface area (Å²) in [7, 11) is 0. The number of halogens is 1. The number of nitro benzene ring substituents is 1. The highest BCUT2D eigenvalue weighted by Crippen LogP contribution is 2.21. The van der Waals surface area contributed by atoms with Crippen LogP contribution in [0.5, 0.6) is 5.75 Å². The molecule has 0 heterocycles. The molecule has 136 valence electrons. The zero-order valence-corrected chi connectivity index (χ0v) is 15.4. The van der Waals surface area contributed by atoms with Crippen molar-refractivity contribution in [3.8, 4) is 5.75 Å². The van der Waals surface area contributed by atoms with Crippen molar-refractivity contribution in [1.29, 1.82) is 0 Å². The number of rotatable bonds is 7. The van der Waals surface area contributed by atoms with Gasteiger partial charge in [0.2, 0.25) is 0 Å². The maximum Gasteiger partial charge on any atom is 0.372 e. The summed E-state index contributed by atoms with van der Waals surface area (Å²) in [6, 6.07) is 11.2. The summed E-state index contributed by atoms with van der Waals surface area (Å²) in [5.74, 6) is -0.102. The molecule has 0 amide bonds. The minimum atomic E-state index is -0.697. The van der Waals surface area contributed by atoms with Crippen LogP contribution in [-0.2, 0) is 16.1 Å². The number of nitrogens with zero attached hydrogens (tertiary/aromatic N) is 2. The van der Waals surface area contributed by atoms with E-state index in [0.29, 0.717) is 11.3 Å². The van der Waals surface area contributed by atoms with Gasteiger partial charge in [-0.1, -0.05) is 33.2 Å². The predicted octanol–water partition coefficient (Wildman–Crippen LogP) is 3.10. The maximum atomic E-state index is 11.7. The number of nitrogens with two attached hydrogens (primary N) is 1. The Labute approximate surface area is 157 Å². The van der Waals surface area contributed by atoms with Gasteiger partial charge in [-0.25, -0.2) is 4.79 Å². The molecule has 0 saturated heterocycles. The molecular formula is C17H16BrN3O5. The Kier molecular flexibility index (Phi) is 6.67. The average Bonchev–Trinajstić information content (AvgIpc) is 2.61. The van der Waals surface area contributed by atoms with Crippen molar-refractivity contribution in [3.05, 3.63) is 68.2 Å². The van der Waals surface area contributed by atoms with Crippen molar-refractivity contribution in [2.45, 2.75) is 13.3 Å². The van der Waals surface area contributed by atoms with Crippen molar-refractivity contribution in [1.82, 2.24) is 0 Å². The second kappa shape index (κ2) is 8.95. The number of aryl methyl sites for hydroxylation is 1. The lowest BCUT2D eigenvalue weighted by atomic mass is 10.1. The lowest BCUT2D eigenvalue weighted by Gasteiger charge is -2.06. The molecule has 2 aromatic carbocycles. The molecule has 0 saturated carbocycles. The van der Waals surface area contributed by atoms with Crippen LogP contribution in [0.15, 0.2) is 52.1 Å². The van der Waals surface area contributed by atoms with Crippen LogP contribution in [0.2, 0.25) is 0 Å². The summed E-state index contributed by atoms with van der Waals surface area (Å²) < 4.78 is 6.26. The Morgan fingerprint density at radius 2 is 1.96 bits per heavy atom. The van der Waals surface area contributed by atoms with Gasteiger partial charge >= 0.3 is 5.97 Å². The molecule has 26 heavy (non-hydrogen) atoms. The fourth-order valence-corrected chi connectivity index (χ4v) is 2.21. The van der Waals surface area contributed by atoms with Crippen LogP contribution in [-0.4, -0.2) is 23.3 Å². The van der Waals surface area contributed by atoms with E-state index in [1.807, 2.05) is 13.0 Å². The van der Waals surface area contributed by atoms with Crippen molar-refractivity contribution < 1.29 is 19.3 Å². The molecule has 0 aromatic heterocycles. The van der Waals surface area contributed by atoms with Crippen molar-refractivity contribution in [2.24, 2.45) is 10.9 Å². The van der Waals surface area contributed by atoms with E-state index in [2.05, 4.69) is 21.1 Å². The number of benzene rings is 2. The second-order valence-corrected chi connectivity index (χ2v) is 6.20. The minimum absolute atomic E-state index is 0.0176. The summed E-state index contributed by atoms with van der Waals surface area (Å²) >= 11 is 3.38. The van der Waals surface area contributed by atoms with Gasteiger partial charge < -0.3 is 15.3 Å². The van der Waals surface area contributed by atoms with Crippen LogP contribution in [0.1, 0.15) is 11.1 Å². The monoisotopic (exact) mass is 421 g/mol. The number of non-ortho nitro benzene ring substituents is 1. The summed E-state index contributed by atoms with van der Waals surface area (Å²) in [5, 5.41) is 14.1. The van der Waals surface area contributed by atoms with E-state index >= 15 is 0 Å². The second-order valence-electron chi connectivity index (χ2n) is 5.35. The van der Waals surface area contributed by atoms with E-state index in [1.165, 1.54) is 12.1 Å². The van der Waals surface area contributed by atoms with Crippen LogP contribution >= 0.6 is 15.9 Å². The molecule has 0 atom stereocenters. The Bertz CT molecular complexity index is 837. The Hall–Kier alpha value is -2.94. The molecule has 0 fully saturated rings. The van der Waals surface area contributed by atoms with E-state index in [0.717, 1.165) is 10.0 Å². The van der Waals surface area contributed by atoms with Crippen molar-refractivity contribution in [3.63, 3.8) is 0 Å². The number of nitro groups is 1. The third-order valence-corrected chi connectivity index (χ3v) is 4.17. The minimum Gasteiger partial charge on any atom is -0.482 e. The quantitative estimate of drug-likeness (QED) is 0.241. The number of amidine groups is 1. The highest BCUT2D eigenvalue weighted by atomic mass is 79.9. The lowest BCUT2D eigenvalue weighted by molar-refractivity contribution is -0.384. The summed E-state index contributed by atoms with van der Waals surface area (Å²) in [5.41, 5.74) is 7.35. The van der Waals surface area contributed by atoms with Crippen molar-refractivity contribution in [2.75, 3.05) is 6.61 Å². The lowest BCUT2D eigenvalue weighted by Crippen LogP contribution is -2.19. The zero-order valence-electron chi connectivity index (χ0n) is 13.8. The number of hydrogen-bond donors (Lipinski definition) is 1. The number of hydrogen-bond acceptors (Lipinski definition) is 6. The first-order valence-electron chi connectivity index (χ1n) is 7.49. The third-order valence-electron chi connectivity index (χ3n) is 3.28. The summed E-state index contributed by atoms with van der Waals surface area (Å²) in [6.45, 7) is 1.59. The van der Waals surface area contributed by atoms with Gasteiger partial charge in [0, 0.05) is 23.0 Å². The molecule has 0 spiro atoms.